The normalized spacial score (nSPS) is 8.00. The molecular weight excluding hydrogens is 120 g/mol. The van der Waals surface area contributed by atoms with Gasteiger partial charge in [-0.25, -0.2) is 0 Å². The topological polar surface area (TPSA) is 110 Å². The van der Waals surface area contributed by atoms with Crippen molar-refractivity contribution in [2.24, 2.45) is 17.4 Å². The molecule has 0 rings (SSSR count). The van der Waals surface area contributed by atoms with Gasteiger partial charge in [0.25, 0.3) is 0 Å². The van der Waals surface area contributed by atoms with E-state index in [2.05, 4.69) is 17.0 Å². The third-order valence-corrected chi connectivity index (χ3v) is 0.610. The summed E-state index contributed by atoms with van der Waals surface area (Å²) in [5, 5.41) is 11.1. The zero-order valence-corrected chi connectivity index (χ0v) is 5.51. The zero-order valence-electron chi connectivity index (χ0n) is 5.51. The van der Waals surface area contributed by atoms with Gasteiger partial charge in [-0.1, -0.05) is 0 Å². The Morgan fingerprint density at radius 3 is 2.11 bits per heavy atom. The number of aliphatic hydroxyl groups excluding tert-OH is 1. The molecule has 8 N–H and O–H groups in total. The first-order chi connectivity index (χ1) is 4.41. The highest BCUT2D eigenvalue weighted by Crippen LogP contribution is 1.51. The average Bonchev–Trinajstić information content (AvgIpc) is 1.94. The van der Waals surface area contributed by atoms with E-state index in [9.17, 15) is 0 Å². The molecule has 0 bridgehead atoms. The van der Waals surface area contributed by atoms with Crippen molar-refractivity contribution in [1.82, 2.24) is 5.32 Å². The van der Waals surface area contributed by atoms with Crippen molar-refractivity contribution in [1.29, 1.82) is 0 Å². The minimum atomic E-state index is 0.194. The summed E-state index contributed by atoms with van der Waals surface area (Å²) in [6, 6.07) is 0. The lowest BCUT2D eigenvalue weighted by molar-refractivity contribution is 0.293. The van der Waals surface area contributed by atoms with Crippen molar-refractivity contribution in [2.45, 2.75) is 0 Å². The second kappa shape index (κ2) is 15.7. The molecule has 0 amide bonds. The number of hydrogen-bond donors (Lipinski definition) is 5. The number of aliphatic hydroxyl groups is 1. The van der Waals surface area contributed by atoms with Gasteiger partial charge in [-0.15, -0.1) is 0 Å². The lowest BCUT2D eigenvalue weighted by atomic mass is 10.6. The van der Waals surface area contributed by atoms with Crippen LogP contribution in [0.3, 0.4) is 0 Å². The van der Waals surface area contributed by atoms with Crippen LogP contribution in [0.5, 0.6) is 0 Å². The predicted octanol–water partition coefficient (Wildman–Crippen LogP) is -2.65. The fraction of sp³-hybridized carbons (Fsp3) is 1.00. The summed E-state index contributed by atoms with van der Waals surface area (Å²) in [6.07, 6.45) is 0. The van der Waals surface area contributed by atoms with E-state index in [4.69, 9.17) is 10.8 Å². The Bertz CT molecular complexity index is 31.7. The number of hydrogen-bond acceptors (Lipinski definition) is 5. The number of hydrazine groups is 1. The molecule has 0 saturated carbocycles. The van der Waals surface area contributed by atoms with Crippen molar-refractivity contribution in [3.8, 4) is 0 Å². The van der Waals surface area contributed by atoms with Crippen LogP contribution in [0.2, 0.25) is 0 Å². The van der Waals surface area contributed by atoms with Crippen molar-refractivity contribution in [2.75, 3.05) is 26.2 Å². The van der Waals surface area contributed by atoms with E-state index in [0.717, 1.165) is 6.54 Å². The Morgan fingerprint density at radius 2 is 1.78 bits per heavy atom. The standard InChI is InChI=1S/C4H12N2O.H4N2/c5-1-2-6-3-4-7;1-2/h6-7H,1-5H2;1-2H2. The molecular formula is C4H16N4O. The lowest BCUT2D eigenvalue weighted by Crippen LogP contribution is -2.24. The van der Waals surface area contributed by atoms with Crippen LogP contribution in [-0.4, -0.2) is 31.3 Å². The van der Waals surface area contributed by atoms with Gasteiger partial charge in [0, 0.05) is 19.6 Å². The Balaban J connectivity index is 0. The summed E-state index contributed by atoms with van der Waals surface area (Å²) in [6.45, 7) is 2.28. The Morgan fingerprint density at radius 1 is 1.22 bits per heavy atom. The van der Waals surface area contributed by atoms with Crippen molar-refractivity contribution in [3.63, 3.8) is 0 Å². The summed E-state index contributed by atoms with van der Waals surface area (Å²) >= 11 is 0. The second-order valence-corrected chi connectivity index (χ2v) is 1.26. The van der Waals surface area contributed by atoms with Crippen LogP contribution in [0.15, 0.2) is 0 Å². The summed E-state index contributed by atoms with van der Waals surface area (Å²) < 4.78 is 0. The van der Waals surface area contributed by atoms with Crippen LogP contribution < -0.4 is 22.7 Å². The number of nitrogens with one attached hydrogen (secondary N) is 1. The quantitative estimate of drug-likeness (QED) is 0.165. The summed E-state index contributed by atoms with van der Waals surface area (Å²) in [7, 11) is 0. The highest BCUT2D eigenvalue weighted by Gasteiger charge is 1.77. The average molecular weight is 136 g/mol. The maximum atomic E-state index is 8.19. The largest absolute Gasteiger partial charge is 0.395 e. The molecule has 0 saturated heterocycles. The molecule has 0 aromatic rings. The molecule has 0 aliphatic carbocycles. The SMILES string of the molecule is NCCNCCO.NN. The zero-order chi connectivity index (χ0) is 7.54. The fourth-order valence-corrected chi connectivity index (χ4v) is 0.306. The first kappa shape index (κ1) is 11.6. The minimum Gasteiger partial charge on any atom is -0.395 e. The van der Waals surface area contributed by atoms with E-state index in [1.807, 2.05) is 0 Å². The molecule has 0 fully saturated rings. The third kappa shape index (κ3) is 18.2. The summed E-state index contributed by atoms with van der Waals surface area (Å²) in [5.74, 6) is 8.00. The molecule has 0 aliphatic heterocycles. The summed E-state index contributed by atoms with van der Waals surface area (Å²) in [5.41, 5.74) is 5.13. The molecule has 0 unspecified atom stereocenters. The monoisotopic (exact) mass is 136 g/mol. The molecule has 9 heavy (non-hydrogen) atoms. The molecule has 0 aliphatic rings. The number of rotatable bonds is 4. The minimum absolute atomic E-state index is 0.194. The van der Waals surface area contributed by atoms with Gasteiger partial charge in [-0.05, 0) is 0 Å². The molecule has 0 aromatic carbocycles. The fourth-order valence-electron chi connectivity index (χ4n) is 0.306. The van der Waals surface area contributed by atoms with E-state index >= 15 is 0 Å². The van der Waals surface area contributed by atoms with Gasteiger partial charge in [0.1, 0.15) is 0 Å². The molecule has 5 heteroatoms. The maximum Gasteiger partial charge on any atom is 0.0555 e. The molecule has 0 spiro atoms. The van der Waals surface area contributed by atoms with E-state index in [0.29, 0.717) is 13.1 Å². The second-order valence-electron chi connectivity index (χ2n) is 1.26. The molecule has 0 heterocycles. The first-order valence-corrected chi connectivity index (χ1v) is 2.76. The lowest BCUT2D eigenvalue weighted by Gasteiger charge is -1.95. The molecule has 5 nitrogen and oxygen atoms in total. The molecule has 0 radical (unpaired) electrons. The summed E-state index contributed by atoms with van der Waals surface area (Å²) in [4.78, 5) is 0. The van der Waals surface area contributed by atoms with Crippen LogP contribution >= 0.6 is 0 Å². The van der Waals surface area contributed by atoms with Gasteiger partial charge in [0.05, 0.1) is 6.61 Å². The van der Waals surface area contributed by atoms with E-state index in [1.54, 1.807) is 0 Å². The highest BCUT2D eigenvalue weighted by molar-refractivity contribution is 4.42. The van der Waals surface area contributed by atoms with E-state index in [1.165, 1.54) is 0 Å². The van der Waals surface area contributed by atoms with Crippen LogP contribution in [0.25, 0.3) is 0 Å². The molecule has 0 aromatic heterocycles. The Labute approximate surface area is 55.2 Å². The van der Waals surface area contributed by atoms with Crippen LogP contribution in [-0.2, 0) is 0 Å². The predicted molar refractivity (Wildman–Crippen MR) is 37.4 cm³/mol. The van der Waals surface area contributed by atoms with Gasteiger partial charge in [0.2, 0.25) is 0 Å². The van der Waals surface area contributed by atoms with E-state index < -0.39 is 0 Å². The van der Waals surface area contributed by atoms with Crippen LogP contribution in [0, 0.1) is 0 Å². The van der Waals surface area contributed by atoms with Gasteiger partial charge in [-0.2, -0.15) is 0 Å². The Hall–Kier alpha value is -0.200. The third-order valence-electron chi connectivity index (χ3n) is 0.610. The van der Waals surface area contributed by atoms with Gasteiger partial charge >= 0.3 is 0 Å². The van der Waals surface area contributed by atoms with E-state index in [-0.39, 0.29) is 6.61 Å². The first-order valence-electron chi connectivity index (χ1n) is 2.76. The van der Waals surface area contributed by atoms with Crippen molar-refractivity contribution in [3.05, 3.63) is 0 Å². The van der Waals surface area contributed by atoms with Crippen molar-refractivity contribution < 1.29 is 5.11 Å². The smallest absolute Gasteiger partial charge is 0.0555 e. The molecule has 58 valence electrons. The van der Waals surface area contributed by atoms with Crippen LogP contribution in [0.1, 0.15) is 0 Å². The Kier molecular flexibility index (Phi) is 20.1. The van der Waals surface area contributed by atoms with Crippen molar-refractivity contribution >= 4 is 0 Å². The number of nitrogens with two attached hydrogens (primary N) is 3. The van der Waals surface area contributed by atoms with Crippen LogP contribution in [0.4, 0.5) is 0 Å². The molecule has 0 atom stereocenters. The van der Waals surface area contributed by atoms with Gasteiger partial charge in [-0.3, -0.25) is 11.7 Å². The van der Waals surface area contributed by atoms with Gasteiger partial charge < -0.3 is 16.2 Å². The maximum absolute atomic E-state index is 8.19. The van der Waals surface area contributed by atoms with Gasteiger partial charge in [0.15, 0.2) is 0 Å². The highest BCUT2D eigenvalue weighted by atomic mass is 16.3.